The fourth-order valence-corrected chi connectivity index (χ4v) is 3.64. The van der Waals surface area contributed by atoms with Crippen molar-refractivity contribution >= 4 is 11.9 Å². The van der Waals surface area contributed by atoms with Crippen molar-refractivity contribution in [1.82, 2.24) is 9.80 Å². The smallest absolute Gasteiger partial charge is 0.324 e. The normalized spacial score (nSPS) is 25.2. The van der Waals surface area contributed by atoms with Crippen LogP contribution in [0.3, 0.4) is 0 Å². The zero-order valence-corrected chi connectivity index (χ0v) is 13.6. The zero-order valence-electron chi connectivity index (χ0n) is 13.6. The second-order valence-electron chi connectivity index (χ2n) is 7.20. The summed E-state index contributed by atoms with van der Waals surface area (Å²) in [5.41, 5.74) is 0. The third-order valence-electron chi connectivity index (χ3n) is 5.32. The number of piperidine rings is 1. The molecule has 1 amide bonds. The first-order valence-corrected chi connectivity index (χ1v) is 8.83. The minimum absolute atomic E-state index is 0.0313. The molecule has 2 aliphatic heterocycles. The van der Waals surface area contributed by atoms with E-state index in [-0.39, 0.29) is 24.5 Å². The van der Waals surface area contributed by atoms with Crippen molar-refractivity contribution in [3.8, 4) is 0 Å². The van der Waals surface area contributed by atoms with Gasteiger partial charge in [0.2, 0.25) is 0 Å². The van der Waals surface area contributed by atoms with Gasteiger partial charge >= 0.3 is 5.97 Å². The Hall–Kier alpha value is -1.10. The summed E-state index contributed by atoms with van der Waals surface area (Å²) >= 11 is 0. The van der Waals surface area contributed by atoms with Gasteiger partial charge in [-0.3, -0.25) is 14.5 Å². The van der Waals surface area contributed by atoms with E-state index in [2.05, 4.69) is 11.8 Å². The van der Waals surface area contributed by atoms with Crippen LogP contribution in [0.2, 0.25) is 0 Å². The molecule has 3 aliphatic rings. The topological polar surface area (TPSA) is 49.9 Å². The molecule has 0 radical (unpaired) electrons. The number of esters is 1. The Bertz CT molecular complexity index is 408. The van der Waals surface area contributed by atoms with Crippen LogP contribution in [0.1, 0.15) is 45.4 Å². The Morgan fingerprint density at radius 3 is 2.27 bits per heavy atom. The van der Waals surface area contributed by atoms with Crippen LogP contribution in [-0.4, -0.2) is 60.5 Å². The molecule has 5 nitrogen and oxygen atoms in total. The molecule has 22 heavy (non-hydrogen) atoms. The Labute approximate surface area is 133 Å². The maximum Gasteiger partial charge on any atom is 0.324 e. The quantitative estimate of drug-likeness (QED) is 0.725. The van der Waals surface area contributed by atoms with Crippen molar-refractivity contribution in [3.05, 3.63) is 0 Å². The average molecular weight is 308 g/mol. The van der Waals surface area contributed by atoms with Crippen molar-refractivity contribution < 1.29 is 14.3 Å². The SMILES string of the molecule is CC1CCN(C(=O)COC(=O)[C@@H](C2CC2)N2CCCC2)CC1. The zero-order chi connectivity index (χ0) is 15.5. The number of amides is 1. The lowest BCUT2D eigenvalue weighted by Crippen LogP contribution is -2.44. The van der Waals surface area contributed by atoms with Crippen LogP contribution >= 0.6 is 0 Å². The van der Waals surface area contributed by atoms with E-state index in [0.717, 1.165) is 51.9 Å². The summed E-state index contributed by atoms with van der Waals surface area (Å²) in [5.74, 6) is 0.942. The highest BCUT2D eigenvalue weighted by molar-refractivity contribution is 5.83. The van der Waals surface area contributed by atoms with Crippen LogP contribution in [0.5, 0.6) is 0 Å². The lowest BCUT2D eigenvalue weighted by Gasteiger charge is -2.30. The molecule has 0 aromatic heterocycles. The lowest BCUT2D eigenvalue weighted by atomic mass is 9.99. The molecule has 2 heterocycles. The maximum atomic E-state index is 12.4. The fraction of sp³-hybridized carbons (Fsp3) is 0.882. The van der Waals surface area contributed by atoms with Gasteiger partial charge in [0.05, 0.1) is 0 Å². The second kappa shape index (κ2) is 6.99. The summed E-state index contributed by atoms with van der Waals surface area (Å²) in [4.78, 5) is 28.7. The minimum atomic E-state index is -0.178. The van der Waals surface area contributed by atoms with E-state index in [0.29, 0.717) is 11.8 Å². The van der Waals surface area contributed by atoms with Gasteiger partial charge < -0.3 is 9.64 Å². The number of carbonyl (C=O) groups excluding carboxylic acids is 2. The van der Waals surface area contributed by atoms with Gasteiger partial charge in [-0.25, -0.2) is 0 Å². The standard InChI is InChI=1S/C17H28N2O3/c1-13-6-10-18(11-7-13)15(20)12-22-17(21)16(14-4-5-14)19-8-2-3-9-19/h13-14,16H,2-12H2,1H3/t16-/m1/s1. The van der Waals surface area contributed by atoms with Crippen molar-refractivity contribution in [2.45, 2.75) is 51.5 Å². The number of carbonyl (C=O) groups is 2. The number of hydrogen-bond donors (Lipinski definition) is 0. The molecule has 0 unspecified atom stereocenters. The largest absolute Gasteiger partial charge is 0.454 e. The molecule has 3 rings (SSSR count). The van der Waals surface area contributed by atoms with Gasteiger partial charge in [-0.15, -0.1) is 0 Å². The molecule has 5 heteroatoms. The first-order valence-electron chi connectivity index (χ1n) is 8.83. The molecule has 0 aromatic rings. The third kappa shape index (κ3) is 3.80. The van der Waals surface area contributed by atoms with Crippen LogP contribution in [0, 0.1) is 11.8 Å². The lowest BCUT2D eigenvalue weighted by molar-refractivity contribution is -0.157. The average Bonchev–Trinajstić information content (AvgIpc) is 3.20. The Morgan fingerprint density at radius 2 is 1.68 bits per heavy atom. The van der Waals surface area contributed by atoms with Crippen LogP contribution in [0.15, 0.2) is 0 Å². The molecule has 124 valence electrons. The number of rotatable bonds is 5. The van der Waals surface area contributed by atoms with Crippen molar-refractivity contribution in [2.24, 2.45) is 11.8 Å². The predicted molar refractivity (Wildman–Crippen MR) is 83.3 cm³/mol. The molecule has 0 N–H and O–H groups in total. The second-order valence-corrected chi connectivity index (χ2v) is 7.20. The Balaban J connectivity index is 1.47. The van der Waals surface area contributed by atoms with Crippen molar-refractivity contribution in [3.63, 3.8) is 0 Å². The Kier molecular flexibility index (Phi) is 5.01. The summed E-state index contributed by atoms with van der Waals surface area (Å²) in [7, 11) is 0. The summed E-state index contributed by atoms with van der Waals surface area (Å²) in [6, 6.07) is -0.100. The highest BCUT2D eigenvalue weighted by Gasteiger charge is 2.42. The number of ether oxygens (including phenoxy) is 1. The van der Waals surface area contributed by atoms with Gasteiger partial charge in [0.1, 0.15) is 6.04 Å². The van der Waals surface area contributed by atoms with E-state index in [1.807, 2.05) is 4.90 Å². The molecular weight excluding hydrogens is 280 g/mol. The summed E-state index contributed by atoms with van der Waals surface area (Å²) < 4.78 is 5.39. The van der Waals surface area contributed by atoms with Crippen molar-refractivity contribution in [2.75, 3.05) is 32.8 Å². The predicted octanol–water partition coefficient (Wildman–Crippen LogP) is 1.66. The van der Waals surface area contributed by atoms with E-state index >= 15 is 0 Å². The fourth-order valence-electron chi connectivity index (χ4n) is 3.64. The molecule has 1 atom stereocenters. The van der Waals surface area contributed by atoms with Crippen LogP contribution < -0.4 is 0 Å². The number of likely N-dealkylation sites (tertiary alicyclic amines) is 2. The van der Waals surface area contributed by atoms with Gasteiger partial charge in [0, 0.05) is 13.1 Å². The first-order chi connectivity index (χ1) is 10.6. The highest BCUT2D eigenvalue weighted by atomic mass is 16.5. The van der Waals surface area contributed by atoms with E-state index < -0.39 is 0 Å². The van der Waals surface area contributed by atoms with Gasteiger partial charge in [-0.05, 0) is 63.5 Å². The van der Waals surface area contributed by atoms with Crippen molar-refractivity contribution in [1.29, 1.82) is 0 Å². The molecule has 0 aromatic carbocycles. The van der Waals surface area contributed by atoms with Gasteiger partial charge in [-0.2, -0.15) is 0 Å². The van der Waals surface area contributed by atoms with Gasteiger partial charge in [-0.1, -0.05) is 6.92 Å². The highest BCUT2D eigenvalue weighted by Crippen LogP contribution is 2.37. The van der Waals surface area contributed by atoms with E-state index in [1.54, 1.807) is 0 Å². The van der Waals surface area contributed by atoms with E-state index in [1.165, 1.54) is 12.8 Å². The molecule has 3 fully saturated rings. The molecule has 1 saturated carbocycles. The molecule has 1 aliphatic carbocycles. The third-order valence-corrected chi connectivity index (χ3v) is 5.32. The Morgan fingerprint density at radius 1 is 1.05 bits per heavy atom. The molecule has 2 saturated heterocycles. The summed E-state index contributed by atoms with van der Waals surface area (Å²) in [6.45, 7) is 5.73. The van der Waals surface area contributed by atoms with Gasteiger partial charge in [0.25, 0.3) is 5.91 Å². The first kappa shape index (κ1) is 15.8. The van der Waals surface area contributed by atoms with Gasteiger partial charge in [0.15, 0.2) is 6.61 Å². The van der Waals surface area contributed by atoms with E-state index in [4.69, 9.17) is 4.74 Å². The summed E-state index contributed by atoms with van der Waals surface area (Å²) in [6.07, 6.45) is 6.68. The molecule has 0 spiro atoms. The molecule has 0 bridgehead atoms. The molecular formula is C17H28N2O3. The number of hydrogen-bond acceptors (Lipinski definition) is 4. The minimum Gasteiger partial charge on any atom is -0.454 e. The van der Waals surface area contributed by atoms with Crippen LogP contribution in [0.25, 0.3) is 0 Å². The van der Waals surface area contributed by atoms with Crippen LogP contribution in [0.4, 0.5) is 0 Å². The number of nitrogens with zero attached hydrogens (tertiary/aromatic N) is 2. The van der Waals surface area contributed by atoms with E-state index in [9.17, 15) is 9.59 Å². The summed E-state index contributed by atoms with van der Waals surface area (Å²) in [5, 5.41) is 0. The maximum absolute atomic E-state index is 12.4. The van der Waals surface area contributed by atoms with Crippen LogP contribution in [-0.2, 0) is 14.3 Å². The monoisotopic (exact) mass is 308 g/mol.